The van der Waals surface area contributed by atoms with Gasteiger partial charge < -0.3 is 15.0 Å². The molecule has 1 aromatic carbocycles. The molecule has 5 nitrogen and oxygen atoms in total. The summed E-state index contributed by atoms with van der Waals surface area (Å²) in [5.41, 5.74) is 3.10. The minimum absolute atomic E-state index is 0.840. The molecule has 0 amide bonds. The normalized spacial score (nSPS) is 15.2. The molecule has 3 rings (SSSR count). The van der Waals surface area contributed by atoms with E-state index in [9.17, 15) is 0 Å². The van der Waals surface area contributed by atoms with E-state index in [-0.39, 0.29) is 0 Å². The summed E-state index contributed by atoms with van der Waals surface area (Å²) < 4.78 is 5.29. The number of benzene rings is 1. The van der Waals surface area contributed by atoms with Crippen LogP contribution in [0.5, 0.6) is 5.75 Å². The quantitative estimate of drug-likeness (QED) is 0.917. The summed E-state index contributed by atoms with van der Waals surface area (Å²) in [5.74, 6) is 0.840. The summed E-state index contributed by atoms with van der Waals surface area (Å²) in [6.07, 6.45) is 3.49. The van der Waals surface area contributed by atoms with Gasteiger partial charge in [0.2, 0.25) is 0 Å². The van der Waals surface area contributed by atoms with Gasteiger partial charge >= 0.3 is 0 Å². The monoisotopic (exact) mass is 270 g/mol. The Morgan fingerprint density at radius 3 is 2.90 bits per heavy atom. The molecule has 1 N–H and O–H groups in total. The second-order valence-electron chi connectivity index (χ2n) is 4.73. The van der Waals surface area contributed by atoms with E-state index in [1.165, 1.54) is 0 Å². The number of nitrogens with zero attached hydrogens (tertiary/aromatic N) is 3. The number of hydrogen-bond donors (Lipinski definition) is 1. The molecule has 1 aromatic heterocycles. The van der Waals surface area contributed by atoms with Crippen LogP contribution in [0.3, 0.4) is 0 Å². The molecule has 1 aliphatic rings. The first-order valence-corrected chi connectivity index (χ1v) is 6.78. The highest BCUT2D eigenvalue weighted by atomic mass is 16.5. The lowest BCUT2D eigenvalue weighted by Gasteiger charge is -2.30. The average Bonchev–Trinajstić information content (AvgIpc) is 2.56. The maximum absolute atomic E-state index is 5.29. The lowest BCUT2D eigenvalue weighted by molar-refractivity contribution is 0.415. The highest BCUT2D eigenvalue weighted by Gasteiger charge is 2.16. The van der Waals surface area contributed by atoms with E-state index in [2.05, 4.69) is 26.3 Å². The van der Waals surface area contributed by atoms with Crippen molar-refractivity contribution in [2.45, 2.75) is 0 Å². The van der Waals surface area contributed by atoms with Crippen molar-refractivity contribution >= 4 is 5.69 Å². The van der Waals surface area contributed by atoms with Crippen molar-refractivity contribution in [1.82, 2.24) is 15.3 Å². The van der Waals surface area contributed by atoms with E-state index >= 15 is 0 Å². The first-order chi connectivity index (χ1) is 9.88. The topological polar surface area (TPSA) is 50.3 Å². The van der Waals surface area contributed by atoms with Gasteiger partial charge in [-0.2, -0.15) is 0 Å². The Morgan fingerprint density at radius 2 is 2.10 bits per heavy atom. The van der Waals surface area contributed by atoms with Crippen molar-refractivity contribution < 1.29 is 4.74 Å². The van der Waals surface area contributed by atoms with E-state index in [1.54, 1.807) is 13.4 Å². The van der Waals surface area contributed by atoms with Crippen LogP contribution in [-0.4, -0.2) is 43.3 Å². The van der Waals surface area contributed by atoms with E-state index in [0.717, 1.165) is 48.9 Å². The second kappa shape index (κ2) is 5.88. The second-order valence-corrected chi connectivity index (χ2v) is 4.73. The van der Waals surface area contributed by atoms with Crippen LogP contribution in [0.4, 0.5) is 5.69 Å². The lowest BCUT2D eigenvalue weighted by Crippen LogP contribution is -2.43. The third-order valence-corrected chi connectivity index (χ3v) is 3.49. The number of rotatable bonds is 3. The molecule has 0 bridgehead atoms. The van der Waals surface area contributed by atoms with Gasteiger partial charge in [-0.25, -0.2) is 9.97 Å². The predicted octanol–water partition coefficient (Wildman–Crippen LogP) is 1.56. The summed E-state index contributed by atoms with van der Waals surface area (Å²) in [7, 11) is 1.68. The Morgan fingerprint density at radius 1 is 1.25 bits per heavy atom. The van der Waals surface area contributed by atoms with Gasteiger partial charge in [-0.3, -0.25) is 0 Å². The Hall–Kier alpha value is -2.14. The number of aromatic nitrogens is 2. The molecule has 104 valence electrons. The van der Waals surface area contributed by atoms with Crippen molar-refractivity contribution in [2.24, 2.45) is 0 Å². The molecular weight excluding hydrogens is 252 g/mol. The van der Waals surface area contributed by atoms with Crippen LogP contribution in [0.1, 0.15) is 0 Å². The molecule has 5 heteroatoms. The average molecular weight is 270 g/mol. The van der Waals surface area contributed by atoms with Gasteiger partial charge in [0, 0.05) is 31.7 Å². The standard InChI is InChI=1S/C15H18N4O/c1-20-13-4-2-3-12(9-13)15-14(10-17-11-18-15)19-7-5-16-6-8-19/h2-4,9-11,16H,5-8H2,1H3. The summed E-state index contributed by atoms with van der Waals surface area (Å²) in [6, 6.07) is 7.98. The predicted molar refractivity (Wildman–Crippen MR) is 79.1 cm³/mol. The SMILES string of the molecule is COc1cccc(-c2ncncc2N2CCNCC2)c1. The van der Waals surface area contributed by atoms with Crippen molar-refractivity contribution in [3.63, 3.8) is 0 Å². The van der Waals surface area contributed by atoms with Crippen LogP contribution < -0.4 is 15.0 Å². The van der Waals surface area contributed by atoms with Crippen LogP contribution in [0, 0.1) is 0 Å². The molecule has 0 aliphatic carbocycles. The maximum atomic E-state index is 5.29. The Balaban J connectivity index is 1.99. The molecule has 1 fully saturated rings. The summed E-state index contributed by atoms with van der Waals surface area (Å²) in [4.78, 5) is 11.0. The Labute approximate surface area is 118 Å². The van der Waals surface area contributed by atoms with Crippen molar-refractivity contribution in [3.8, 4) is 17.0 Å². The lowest BCUT2D eigenvalue weighted by atomic mass is 10.1. The highest BCUT2D eigenvalue weighted by Crippen LogP contribution is 2.30. The molecular formula is C15H18N4O. The third kappa shape index (κ3) is 2.58. The smallest absolute Gasteiger partial charge is 0.119 e. The zero-order chi connectivity index (χ0) is 13.8. The van der Waals surface area contributed by atoms with Crippen LogP contribution >= 0.6 is 0 Å². The van der Waals surface area contributed by atoms with Gasteiger partial charge in [0.1, 0.15) is 12.1 Å². The number of anilines is 1. The van der Waals surface area contributed by atoms with Crippen LogP contribution in [0.2, 0.25) is 0 Å². The minimum atomic E-state index is 0.840. The summed E-state index contributed by atoms with van der Waals surface area (Å²) >= 11 is 0. The van der Waals surface area contributed by atoms with Gasteiger partial charge in [-0.15, -0.1) is 0 Å². The summed E-state index contributed by atoms with van der Waals surface area (Å²) in [6.45, 7) is 3.94. The van der Waals surface area contributed by atoms with Gasteiger partial charge in [-0.1, -0.05) is 12.1 Å². The Bertz CT molecular complexity index is 582. The molecule has 20 heavy (non-hydrogen) atoms. The molecule has 0 saturated carbocycles. The van der Waals surface area contributed by atoms with E-state index in [0.29, 0.717) is 0 Å². The molecule has 0 unspecified atom stereocenters. The largest absolute Gasteiger partial charge is 0.497 e. The van der Waals surface area contributed by atoms with Gasteiger partial charge in [0.15, 0.2) is 0 Å². The highest BCUT2D eigenvalue weighted by molar-refractivity contribution is 5.75. The number of nitrogens with one attached hydrogen (secondary N) is 1. The first kappa shape index (κ1) is 12.9. The molecule has 1 saturated heterocycles. The van der Waals surface area contributed by atoms with Crippen LogP contribution in [0.25, 0.3) is 11.3 Å². The zero-order valence-electron chi connectivity index (χ0n) is 11.5. The number of piperazine rings is 1. The van der Waals surface area contributed by atoms with Gasteiger partial charge in [-0.05, 0) is 12.1 Å². The molecule has 0 radical (unpaired) electrons. The van der Waals surface area contributed by atoms with Crippen LogP contribution in [-0.2, 0) is 0 Å². The molecule has 2 heterocycles. The van der Waals surface area contributed by atoms with E-state index in [1.807, 2.05) is 24.4 Å². The Kier molecular flexibility index (Phi) is 3.78. The maximum Gasteiger partial charge on any atom is 0.119 e. The first-order valence-electron chi connectivity index (χ1n) is 6.78. The molecule has 0 atom stereocenters. The van der Waals surface area contributed by atoms with Crippen molar-refractivity contribution in [3.05, 3.63) is 36.8 Å². The zero-order valence-corrected chi connectivity index (χ0v) is 11.5. The fourth-order valence-electron chi connectivity index (χ4n) is 2.45. The van der Waals surface area contributed by atoms with Crippen LogP contribution in [0.15, 0.2) is 36.8 Å². The summed E-state index contributed by atoms with van der Waals surface area (Å²) in [5, 5.41) is 3.36. The van der Waals surface area contributed by atoms with E-state index < -0.39 is 0 Å². The van der Waals surface area contributed by atoms with E-state index in [4.69, 9.17) is 4.74 Å². The number of ether oxygens (including phenoxy) is 1. The fraction of sp³-hybridized carbons (Fsp3) is 0.333. The van der Waals surface area contributed by atoms with Crippen molar-refractivity contribution in [1.29, 1.82) is 0 Å². The molecule has 1 aliphatic heterocycles. The number of methoxy groups -OCH3 is 1. The third-order valence-electron chi connectivity index (χ3n) is 3.49. The molecule has 2 aromatic rings. The van der Waals surface area contributed by atoms with Gasteiger partial charge in [0.25, 0.3) is 0 Å². The van der Waals surface area contributed by atoms with Crippen molar-refractivity contribution in [2.75, 3.05) is 38.2 Å². The molecule has 0 spiro atoms. The fourth-order valence-corrected chi connectivity index (χ4v) is 2.45. The van der Waals surface area contributed by atoms with Gasteiger partial charge in [0.05, 0.1) is 24.7 Å². The minimum Gasteiger partial charge on any atom is -0.497 e. The number of hydrogen-bond acceptors (Lipinski definition) is 5.